The molecule has 0 atom stereocenters. The second-order valence-electron chi connectivity index (χ2n) is 12.3. The topological polar surface area (TPSA) is 134 Å². The molecule has 1 saturated carbocycles. The number of anilines is 3. The molecule has 3 aromatic carbocycles. The highest BCUT2D eigenvalue weighted by Gasteiger charge is 2.33. The second kappa shape index (κ2) is 14.2. The molecule has 2 aliphatic heterocycles. The first-order valence-electron chi connectivity index (χ1n) is 16.3. The Bertz CT molecular complexity index is 1620. The van der Waals surface area contributed by atoms with Crippen LogP contribution in [0.2, 0.25) is 0 Å². The molecule has 2 heterocycles. The molecular formula is C36H41N5O5. The highest BCUT2D eigenvalue weighted by Crippen LogP contribution is 2.34. The summed E-state index contributed by atoms with van der Waals surface area (Å²) in [5, 5.41) is 5.75. The molecule has 0 spiro atoms. The van der Waals surface area contributed by atoms with E-state index in [1.807, 2.05) is 40.1 Å². The van der Waals surface area contributed by atoms with Gasteiger partial charge in [0.15, 0.2) is 6.61 Å². The number of carbonyl (C=O) groups excluding carboxylic acids is 4. The van der Waals surface area contributed by atoms with Gasteiger partial charge in [0.05, 0.1) is 5.69 Å². The summed E-state index contributed by atoms with van der Waals surface area (Å²) in [4.78, 5) is 55.1. The van der Waals surface area contributed by atoms with Gasteiger partial charge in [0.2, 0.25) is 5.91 Å². The zero-order chi connectivity index (χ0) is 32.0. The first kappa shape index (κ1) is 31.3. The third kappa shape index (κ3) is 7.39. The Labute approximate surface area is 269 Å². The van der Waals surface area contributed by atoms with Gasteiger partial charge in [0.25, 0.3) is 17.7 Å². The van der Waals surface area contributed by atoms with Crippen molar-refractivity contribution in [2.45, 2.75) is 70.4 Å². The lowest BCUT2D eigenvalue weighted by Gasteiger charge is -2.30. The summed E-state index contributed by atoms with van der Waals surface area (Å²) < 4.78 is 5.51. The SMILES string of the molecule is NCCCCCCC(=O)N1CCCc2ccc(NC(=O)c3ccc(CN(C(=O)c4ccc5c(c4)OCC(=O)N5)C4CC4)cc3)cc21. The largest absolute Gasteiger partial charge is 0.482 e. The van der Waals surface area contributed by atoms with E-state index in [1.54, 1.807) is 30.3 Å². The van der Waals surface area contributed by atoms with E-state index in [0.717, 1.165) is 68.2 Å². The fraction of sp³-hybridized carbons (Fsp3) is 0.389. The third-order valence-corrected chi connectivity index (χ3v) is 8.79. The fourth-order valence-corrected chi connectivity index (χ4v) is 6.11. The number of ether oxygens (including phenoxy) is 1. The van der Waals surface area contributed by atoms with Gasteiger partial charge < -0.3 is 30.9 Å². The number of fused-ring (bicyclic) bond motifs is 2. The number of aryl methyl sites for hydroxylation is 1. The Morgan fingerprint density at radius 1 is 0.957 bits per heavy atom. The lowest BCUT2D eigenvalue weighted by molar-refractivity contribution is -0.119. The van der Waals surface area contributed by atoms with Crippen molar-refractivity contribution in [3.8, 4) is 5.75 Å². The van der Waals surface area contributed by atoms with Crippen LogP contribution in [0.3, 0.4) is 0 Å². The van der Waals surface area contributed by atoms with Crippen LogP contribution in [-0.4, -0.2) is 54.3 Å². The minimum absolute atomic E-state index is 0.0717. The molecule has 3 aromatic rings. The van der Waals surface area contributed by atoms with Crippen molar-refractivity contribution >= 4 is 40.7 Å². The molecule has 0 radical (unpaired) electrons. The predicted molar refractivity (Wildman–Crippen MR) is 177 cm³/mol. The Kier molecular flexibility index (Phi) is 9.63. The van der Waals surface area contributed by atoms with Crippen LogP contribution in [0.1, 0.15) is 83.2 Å². The van der Waals surface area contributed by atoms with E-state index in [1.165, 1.54) is 0 Å². The van der Waals surface area contributed by atoms with Crippen LogP contribution < -0.4 is 26.0 Å². The Hall–Kier alpha value is -4.70. The lowest BCUT2D eigenvalue weighted by Crippen LogP contribution is -2.35. The summed E-state index contributed by atoms with van der Waals surface area (Å²) in [6, 6.07) is 18.4. The normalized spacial score (nSPS) is 15.2. The number of nitrogens with zero attached hydrogens (tertiary/aromatic N) is 2. The van der Waals surface area contributed by atoms with Gasteiger partial charge in [-0.15, -0.1) is 0 Å². The number of carbonyl (C=O) groups is 4. The molecule has 4 N–H and O–H groups in total. The van der Waals surface area contributed by atoms with Crippen molar-refractivity contribution in [3.05, 3.63) is 82.9 Å². The average Bonchev–Trinajstić information content (AvgIpc) is 3.92. The van der Waals surface area contributed by atoms with Gasteiger partial charge in [0, 0.05) is 48.1 Å². The molecule has 1 fully saturated rings. The number of nitrogens with one attached hydrogen (secondary N) is 2. The van der Waals surface area contributed by atoms with E-state index in [-0.39, 0.29) is 36.3 Å². The van der Waals surface area contributed by atoms with E-state index in [9.17, 15) is 19.2 Å². The van der Waals surface area contributed by atoms with Gasteiger partial charge in [-0.3, -0.25) is 19.2 Å². The maximum Gasteiger partial charge on any atom is 0.262 e. The summed E-state index contributed by atoms with van der Waals surface area (Å²) in [5.41, 5.74) is 10.7. The second-order valence-corrected chi connectivity index (χ2v) is 12.3. The molecule has 0 unspecified atom stereocenters. The zero-order valence-corrected chi connectivity index (χ0v) is 26.1. The van der Waals surface area contributed by atoms with Gasteiger partial charge in [-0.2, -0.15) is 0 Å². The van der Waals surface area contributed by atoms with Crippen molar-refractivity contribution in [1.29, 1.82) is 0 Å². The minimum atomic E-state index is -0.239. The minimum Gasteiger partial charge on any atom is -0.482 e. The zero-order valence-electron chi connectivity index (χ0n) is 26.1. The standard InChI is InChI=1S/C36H41N5O5/c37-18-4-2-1-3-7-34(43)40-19-5-6-25-12-14-28(21-31(25)40)38-35(44)26-10-8-24(9-11-26)22-41(29-15-16-29)36(45)27-13-17-30-32(20-27)46-23-33(42)39-30/h8-14,17,20-21,29H,1-7,15-16,18-19,22-23,37H2,(H,38,44)(H,39,42). The summed E-state index contributed by atoms with van der Waals surface area (Å²) in [5.74, 6) is 0.0595. The van der Waals surface area contributed by atoms with Crippen molar-refractivity contribution in [2.24, 2.45) is 5.73 Å². The van der Waals surface area contributed by atoms with Crippen molar-refractivity contribution < 1.29 is 23.9 Å². The number of amides is 4. The quantitative estimate of drug-likeness (QED) is 0.236. The molecule has 0 saturated heterocycles. The predicted octanol–water partition coefficient (Wildman–Crippen LogP) is 5.26. The lowest BCUT2D eigenvalue weighted by atomic mass is 10.00. The van der Waals surface area contributed by atoms with E-state index in [0.29, 0.717) is 54.3 Å². The van der Waals surface area contributed by atoms with Crippen LogP contribution in [0.4, 0.5) is 17.1 Å². The van der Waals surface area contributed by atoms with Crippen molar-refractivity contribution in [1.82, 2.24) is 4.90 Å². The highest BCUT2D eigenvalue weighted by atomic mass is 16.5. The maximum absolute atomic E-state index is 13.5. The monoisotopic (exact) mass is 623 g/mol. The molecule has 0 bridgehead atoms. The summed E-state index contributed by atoms with van der Waals surface area (Å²) in [6.07, 6.45) is 8.12. The molecule has 46 heavy (non-hydrogen) atoms. The van der Waals surface area contributed by atoms with Gasteiger partial charge in [-0.25, -0.2) is 0 Å². The van der Waals surface area contributed by atoms with Gasteiger partial charge in [-0.05, 0) is 98.7 Å². The average molecular weight is 624 g/mol. The van der Waals surface area contributed by atoms with Crippen LogP contribution in [0.25, 0.3) is 0 Å². The number of rotatable bonds is 12. The molecule has 6 rings (SSSR count). The molecule has 0 aromatic heterocycles. The number of hydrogen-bond acceptors (Lipinski definition) is 6. The van der Waals surface area contributed by atoms with E-state index in [4.69, 9.17) is 10.5 Å². The van der Waals surface area contributed by atoms with Crippen LogP contribution in [-0.2, 0) is 22.6 Å². The van der Waals surface area contributed by atoms with Crippen molar-refractivity contribution in [2.75, 3.05) is 35.2 Å². The van der Waals surface area contributed by atoms with Crippen molar-refractivity contribution in [3.63, 3.8) is 0 Å². The fourth-order valence-electron chi connectivity index (χ4n) is 6.11. The van der Waals surface area contributed by atoms with Crippen LogP contribution >= 0.6 is 0 Å². The van der Waals surface area contributed by atoms with E-state index >= 15 is 0 Å². The Morgan fingerprint density at radius 2 is 1.74 bits per heavy atom. The van der Waals surface area contributed by atoms with Gasteiger partial charge in [-0.1, -0.05) is 31.0 Å². The Balaban J connectivity index is 1.08. The van der Waals surface area contributed by atoms with Crippen LogP contribution in [0.5, 0.6) is 5.75 Å². The summed E-state index contributed by atoms with van der Waals surface area (Å²) in [7, 11) is 0. The molecule has 240 valence electrons. The number of unbranched alkanes of at least 4 members (excludes halogenated alkanes) is 3. The molecule has 1 aliphatic carbocycles. The maximum atomic E-state index is 13.5. The summed E-state index contributed by atoms with van der Waals surface area (Å²) >= 11 is 0. The molecule has 10 heteroatoms. The van der Waals surface area contributed by atoms with Gasteiger partial charge in [0.1, 0.15) is 5.75 Å². The third-order valence-electron chi connectivity index (χ3n) is 8.79. The number of hydrogen-bond donors (Lipinski definition) is 3. The molecule has 3 aliphatic rings. The smallest absolute Gasteiger partial charge is 0.262 e. The number of benzene rings is 3. The van der Waals surface area contributed by atoms with Crippen LogP contribution in [0, 0.1) is 0 Å². The Morgan fingerprint density at radius 3 is 2.52 bits per heavy atom. The van der Waals surface area contributed by atoms with Gasteiger partial charge >= 0.3 is 0 Å². The first-order chi connectivity index (χ1) is 22.4. The first-order valence-corrected chi connectivity index (χ1v) is 16.3. The van der Waals surface area contributed by atoms with Crippen LogP contribution in [0.15, 0.2) is 60.7 Å². The van der Waals surface area contributed by atoms with E-state index < -0.39 is 0 Å². The summed E-state index contributed by atoms with van der Waals surface area (Å²) in [6.45, 7) is 1.72. The van der Waals surface area contributed by atoms with E-state index in [2.05, 4.69) is 10.6 Å². The number of nitrogens with two attached hydrogens (primary N) is 1. The highest BCUT2D eigenvalue weighted by molar-refractivity contribution is 6.05. The molecule has 4 amide bonds. The molecule has 10 nitrogen and oxygen atoms in total. The molecular weight excluding hydrogens is 582 g/mol.